The summed E-state index contributed by atoms with van der Waals surface area (Å²) in [6, 6.07) is 7.14. The molecule has 0 unspecified atom stereocenters. The van der Waals surface area contributed by atoms with Gasteiger partial charge in [-0.15, -0.1) is 24.8 Å². The molecule has 2 rings (SSSR count). The summed E-state index contributed by atoms with van der Waals surface area (Å²) >= 11 is 0. The zero-order valence-corrected chi connectivity index (χ0v) is 16.1. The maximum absolute atomic E-state index is 12.2. The summed E-state index contributed by atoms with van der Waals surface area (Å²) in [5.41, 5.74) is 6.88. The number of hydrogen-bond donors (Lipinski definition) is 3. The molecule has 0 saturated carbocycles. The van der Waals surface area contributed by atoms with E-state index in [2.05, 4.69) is 15.5 Å². The Hall–Kier alpha value is -1.50. The number of nitrogen functional groups attached to an aromatic ring is 1. The number of anilines is 1. The molecular weight excluding hydrogens is 363 g/mol. The minimum absolute atomic E-state index is 0. The van der Waals surface area contributed by atoms with E-state index in [1.54, 1.807) is 24.3 Å². The molecule has 1 aliphatic heterocycles. The number of piperidine rings is 1. The van der Waals surface area contributed by atoms with Crippen molar-refractivity contribution in [1.29, 1.82) is 0 Å². The van der Waals surface area contributed by atoms with Gasteiger partial charge in [0.2, 0.25) is 5.91 Å². The second-order valence-electron chi connectivity index (χ2n) is 6.00. The van der Waals surface area contributed by atoms with Crippen LogP contribution in [0.4, 0.5) is 5.69 Å². The Morgan fingerprint density at radius 2 is 1.92 bits per heavy atom. The van der Waals surface area contributed by atoms with E-state index in [1.807, 2.05) is 6.92 Å². The average molecular weight is 391 g/mol. The molecule has 25 heavy (non-hydrogen) atoms. The molecule has 6 nitrogen and oxygen atoms in total. The van der Waals surface area contributed by atoms with Gasteiger partial charge in [-0.25, -0.2) is 0 Å². The van der Waals surface area contributed by atoms with Gasteiger partial charge in [-0.1, -0.05) is 13.0 Å². The number of nitrogens with two attached hydrogens (primary N) is 1. The van der Waals surface area contributed by atoms with E-state index in [-0.39, 0.29) is 42.7 Å². The lowest BCUT2D eigenvalue weighted by Gasteiger charge is -2.31. The number of likely N-dealkylation sites (tertiary alicyclic amines) is 1. The van der Waals surface area contributed by atoms with E-state index >= 15 is 0 Å². The van der Waals surface area contributed by atoms with Gasteiger partial charge in [0.1, 0.15) is 0 Å². The van der Waals surface area contributed by atoms with Crippen LogP contribution in [0.2, 0.25) is 0 Å². The molecule has 0 bridgehead atoms. The standard InChI is InChI=1S/C17H26N4O2.2ClH/c1-2-8-19-16(22)12-21-9-6-15(7-10-21)20-17(23)13-4-3-5-14(18)11-13;;/h3-5,11,15H,2,6-10,12,18H2,1H3,(H,19,22)(H,20,23);2*1H. The molecule has 1 aliphatic rings. The first-order valence-electron chi connectivity index (χ1n) is 8.24. The molecule has 0 aromatic heterocycles. The van der Waals surface area contributed by atoms with Crippen molar-refractivity contribution in [2.24, 2.45) is 0 Å². The third-order valence-electron chi connectivity index (χ3n) is 4.01. The van der Waals surface area contributed by atoms with Crippen molar-refractivity contribution in [1.82, 2.24) is 15.5 Å². The van der Waals surface area contributed by atoms with Gasteiger partial charge >= 0.3 is 0 Å². The summed E-state index contributed by atoms with van der Waals surface area (Å²) in [7, 11) is 0. The van der Waals surface area contributed by atoms with E-state index in [0.717, 1.165) is 38.9 Å². The lowest BCUT2D eigenvalue weighted by molar-refractivity contribution is -0.122. The van der Waals surface area contributed by atoms with Gasteiger partial charge < -0.3 is 16.4 Å². The van der Waals surface area contributed by atoms with E-state index in [1.165, 1.54) is 0 Å². The molecule has 1 heterocycles. The van der Waals surface area contributed by atoms with Crippen LogP contribution in [0.5, 0.6) is 0 Å². The first-order chi connectivity index (χ1) is 11.1. The smallest absolute Gasteiger partial charge is 0.251 e. The first-order valence-corrected chi connectivity index (χ1v) is 8.24. The third kappa shape index (κ3) is 7.94. The van der Waals surface area contributed by atoms with Crippen LogP contribution in [-0.2, 0) is 4.79 Å². The molecule has 0 radical (unpaired) electrons. The highest BCUT2D eigenvalue weighted by Gasteiger charge is 2.22. The normalized spacial score (nSPS) is 14.8. The number of benzene rings is 1. The van der Waals surface area contributed by atoms with Crippen molar-refractivity contribution >= 4 is 42.3 Å². The zero-order chi connectivity index (χ0) is 16.7. The van der Waals surface area contributed by atoms with Crippen molar-refractivity contribution in [2.45, 2.75) is 32.2 Å². The summed E-state index contributed by atoms with van der Waals surface area (Å²) in [6.07, 6.45) is 2.66. The van der Waals surface area contributed by atoms with Gasteiger partial charge in [-0.05, 0) is 37.5 Å². The largest absolute Gasteiger partial charge is 0.399 e. The van der Waals surface area contributed by atoms with Gasteiger partial charge in [-0.2, -0.15) is 0 Å². The Balaban J connectivity index is 0.00000288. The van der Waals surface area contributed by atoms with Crippen LogP contribution in [0.3, 0.4) is 0 Å². The Morgan fingerprint density at radius 3 is 2.52 bits per heavy atom. The quantitative estimate of drug-likeness (QED) is 0.646. The maximum Gasteiger partial charge on any atom is 0.251 e. The summed E-state index contributed by atoms with van der Waals surface area (Å²) in [4.78, 5) is 26.0. The Bertz CT molecular complexity index is 549. The molecule has 2 amide bonds. The number of carbonyl (C=O) groups is 2. The average Bonchev–Trinajstić information content (AvgIpc) is 2.54. The Kier molecular flexibility index (Phi) is 11.2. The number of halogens is 2. The second-order valence-corrected chi connectivity index (χ2v) is 6.00. The van der Waals surface area contributed by atoms with Crippen LogP contribution in [0.25, 0.3) is 0 Å². The van der Waals surface area contributed by atoms with Gasteiger partial charge in [0.05, 0.1) is 6.54 Å². The minimum Gasteiger partial charge on any atom is -0.399 e. The van der Waals surface area contributed by atoms with E-state index in [9.17, 15) is 9.59 Å². The number of nitrogens with one attached hydrogen (secondary N) is 2. The number of amides is 2. The lowest BCUT2D eigenvalue weighted by atomic mass is 10.0. The monoisotopic (exact) mass is 390 g/mol. The van der Waals surface area contributed by atoms with E-state index in [4.69, 9.17) is 5.73 Å². The van der Waals surface area contributed by atoms with Crippen LogP contribution in [0.15, 0.2) is 24.3 Å². The van der Waals surface area contributed by atoms with Crippen molar-refractivity contribution in [3.05, 3.63) is 29.8 Å². The lowest BCUT2D eigenvalue weighted by Crippen LogP contribution is -2.47. The first kappa shape index (κ1) is 23.5. The summed E-state index contributed by atoms with van der Waals surface area (Å²) < 4.78 is 0. The third-order valence-corrected chi connectivity index (χ3v) is 4.01. The van der Waals surface area contributed by atoms with Crippen molar-refractivity contribution in [3.8, 4) is 0 Å². The fourth-order valence-corrected chi connectivity index (χ4v) is 2.71. The van der Waals surface area contributed by atoms with Gasteiger partial charge in [0.15, 0.2) is 0 Å². The second kappa shape index (κ2) is 12.0. The fourth-order valence-electron chi connectivity index (χ4n) is 2.71. The molecule has 1 aromatic rings. The van der Waals surface area contributed by atoms with Crippen LogP contribution in [0.1, 0.15) is 36.5 Å². The molecule has 0 spiro atoms. The van der Waals surface area contributed by atoms with Crippen LogP contribution in [-0.4, -0.2) is 48.9 Å². The number of rotatable bonds is 6. The van der Waals surface area contributed by atoms with E-state index < -0.39 is 0 Å². The highest BCUT2D eigenvalue weighted by Crippen LogP contribution is 2.12. The maximum atomic E-state index is 12.2. The SMILES string of the molecule is CCCNC(=O)CN1CCC(NC(=O)c2cccc(N)c2)CC1.Cl.Cl. The van der Waals surface area contributed by atoms with Gasteiger partial charge in [0.25, 0.3) is 5.91 Å². The molecule has 0 atom stereocenters. The molecule has 1 fully saturated rings. The molecule has 1 saturated heterocycles. The topological polar surface area (TPSA) is 87.5 Å². The molecule has 0 aliphatic carbocycles. The van der Waals surface area contributed by atoms with E-state index in [0.29, 0.717) is 17.8 Å². The summed E-state index contributed by atoms with van der Waals surface area (Å²) in [5.74, 6) is -0.00876. The van der Waals surface area contributed by atoms with Crippen molar-refractivity contribution in [2.75, 3.05) is 31.9 Å². The number of nitrogens with zero attached hydrogens (tertiary/aromatic N) is 1. The summed E-state index contributed by atoms with van der Waals surface area (Å²) in [6.45, 7) is 4.85. The molecular formula is C17H28Cl2N4O2. The number of hydrogen-bond acceptors (Lipinski definition) is 4. The van der Waals surface area contributed by atoms with Gasteiger partial charge in [0, 0.05) is 36.9 Å². The van der Waals surface area contributed by atoms with Crippen molar-refractivity contribution < 1.29 is 9.59 Å². The predicted octanol–water partition coefficient (Wildman–Crippen LogP) is 1.83. The molecule has 4 N–H and O–H groups in total. The molecule has 142 valence electrons. The Labute approximate surface area is 161 Å². The Morgan fingerprint density at radius 1 is 1.24 bits per heavy atom. The van der Waals surface area contributed by atoms with Crippen LogP contribution < -0.4 is 16.4 Å². The number of carbonyl (C=O) groups excluding carboxylic acids is 2. The predicted molar refractivity (Wildman–Crippen MR) is 106 cm³/mol. The highest BCUT2D eigenvalue weighted by atomic mass is 35.5. The molecule has 8 heteroatoms. The summed E-state index contributed by atoms with van der Waals surface area (Å²) in [5, 5.41) is 5.94. The van der Waals surface area contributed by atoms with Crippen molar-refractivity contribution in [3.63, 3.8) is 0 Å². The zero-order valence-electron chi connectivity index (χ0n) is 14.5. The van der Waals surface area contributed by atoms with Crippen LogP contribution >= 0.6 is 24.8 Å². The fraction of sp³-hybridized carbons (Fsp3) is 0.529. The van der Waals surface area contributed by atoms with Crippen LogP contribution in [0, 0.1) is 0 Å². The molecule has 1 aromatic carbocycles. The van der Waals surface area contributed by atoms with Gasteiger partial charge in [-0.3, -0.25) is 14.5 Å². The highest BCUT2D eigenvalue weighted by molar-refractivity contribution is 5.95. The minimum atomic E-state index is -0.0866.